The number of carboxylic acids is 1. The third kappa shape index (κ3) is 3.21. The normalized spacial score (nSPS) is 20.2. The molecule has 126 valence electrons. The molecule has 1 aliphatic rings. The molecular formula is C17H17BrN2O4. The Balaban J connectivity index is 1.86. The number of pyridine rings is 1. The SMILES string of the molecule is CC[C@@H]1CC(=O)N[C@@H]1COc1ncc(Br)c2cc(C(=O)O)ccc12. The summed E-state index contributed by atoms with van der Waals surface area (Å²) in [5.74, 6) is -0.239. The van der Waals surface area contributed by atoms with Gasteiger partial charge < -0.3 is 15.2 Å². The summed E-state index contributed by atoms with van der Waals surface area (Å²) in [6.45, 7) is 2.40. The third-order valence-corrected chi connectivity index (χ3v) is 4.97. The molecule has 3 rings (SSSR count). The molecule has 1 saturated heterocycles. The van der Waals surface area contributed by atoms with Crippen molar-refractivity contribution in [3.8, 4) is 5.88 Å². The average Bonchev–Trinajstić information content (AvgIpc) is 2.94. The van der Waals surface area contributed by atoms with E-state index in [4.69, 9.17) is 9.84 Å². The molecule has 0 saturated carbocycles. The molecule has 1 fully saturated rings. The van der Waals surface area contributed by atoms with Crippen molar-refractivity contribution in [1.82, 2.24) is 10.3 Å². The van der Waals surface area contributed by atoms with Crippen molar-refractivity contribution in [2.75, 3.05) is 6.61 Å². The van der Waals surface area contributed by atoms with Gasteiger partial charge in [0.15, 0.2) is 0 Å². The predicted molar refractivity (Wildman–Crippen MR) is 92.2 cm³/mol. The van der Waals surface area contributed by atoms with Gasteiger partial charge in [-0.25, -0.2) is 9.78 Å². The quantitative estimate of drug-likeness (QED) is 0.816. The van der Waals surface area contributed by atoms with E-state index < -0.39 is 5.97 Å². The minimum Gasteiger partial charge on any atom is -0.478 e. The monoisotopic (exact) mass is 392 g/mol. The smallest absolute Gasteiger partial charge is 0.335 e. The molecule has 6 nitrogen and oxygen atoms in total. The summed E-state index contributed by atoms with van der Waals surface area (Å²) >= 11 is 3.39. The first-order valence-electron chi connectivity index (χ1n) is 7.73. The first kappa shape index (κ1) is 16.7. The minimum absolute atomic E-state index is 0.0266. The van der Waals surface area contributed by atoms with Gasteiger partial charge in [-0.05, 0) is 40.0 Å². The summed E-state index contributed by atoms with van der Waals surface area (Å²) in [6, 6.07) is 4.78. The molecule has 0 radical (unpaired) electrons. The van der Waals surface area contributed by atoms with Crippen LogP contribution in [0.4, 0.5) is 0 Å². The Kier molecular flexibility index (Phi) is 4.71. The van der Waals surface area contributed by atoms with Crippen LogP contribution in [0.5, 0.6) is 5.88 Å². The molecule has 2 aromatic rings. The zero-order valence-electron chi connectivity index (χ0n) is 13.1. The number of ether oxygens (including phenoxy) is 1. The number of amides is 1. The highest BCUT2D eigenvalue weighted by atomic mass is 79.9. The third-order valence-electron chi connectivity index (χ3n) is 4.34. The van der Waals surface area contributed by atoms with E-state index in [9.17, 15) is 9.59 Å². The molecule has 0 unspecified atom stereocenters. The van der Waals surface area contributed by atoms with E-state index in [1.54, 1.807) is 18.3 Å². The lowest BCUT2D eigenvalue weighted by Gasteiger charge is -2.18. The molecule has 1 aromatic carbocycles. The van der Waals surface area contributed by atoms with E-state index >= 15 is 0 Å². The van der Waals surface area contributed by atoms with E-state index in [1.165, 1.54) is 6.07 Å². The minimum atomic E-state index is -0.984. The van der Waals surface area contributed by atoms with Crippen LogP contribution in [0.2, 0.25) is 0 Å². The Bertz CT molecular complexity index is 809. The maximum Gasteiger partial charge on any atom is 0.335 e. The number of hydrogen-bond acceptors (Lipinski definition) is 4. The van der Waals surface area contributed by atoms with Crippen LogP contribution in [0.15, 0.2) is 28.9 Å². The predicted octanol–water partition coefficient (Wildman–Crippen LogP) is 2.99. The van der Waals surface area contributed by atoms with Crippen LogP contribution in [0.25, 0.3) is 10.8 Å². The van der Waals surface area contributed by atoms with Crippen molar-refractivity contribution in [3.63, 3.8) is 0 Å². The average molecular weight is 393 g/mol. The second-order valence-corrected chi connectivity index (χ2v) is 6.69. The van der Waals surface area contributed by atoms with Gasteiger partial charge in [0.05, 0.1) is 11.6 Å². The number of benzene rings is 1. The van der Waals surface area contributed by atoms with Gasteiger partial charge in [-0.15, -0.1) is 0 Å². The van der Waals surface area contributed by atoms with E-state index in [2.05, 4.69) is 33.2 Å². The van der Waals surface area contributed by atoms with Gasteiger partial charge in [-0.2, -0.15) is 0 Å². The standard InChI is InChI=1S/C17H17BrN2O4/c1-2-9-6-15(21)20-14(9)8-24-16-11-4-3-10(17(22)23)5-12(11)13(18)7-19-16/h3-5,7,9,14H,2,6,8H2,1H3,(H,20,21)(H,22,23)/t9-,14-/m1/s1. The van der Waals surface area contributed by atoms with Gasteiger partial charge in [0.2, 0.25) is 11.8 Å². The van der Waals surface area contributed by atoms with Gasteiger partial charge in [-0.1, -0.05) is 13.3 Å². The molecule has 24 heavy (non-hydrogen) atoms. The van der Waals surface area contributed by atoms with Crippen LogP contribution in [-0.4, -0.2) is 34.6 Å². The fourth-order valence-corrected chi connectivity index (χ4v) is 3.40. The van der Waals surface area contributed by atoms with E-state index in [0.717, 1.165) is 17.2 Å². The number of carboxylic acid groups (broad SMARTS) is 1. The fraction of sp³-hybridized carbons (Fsp3) is 0.353. The van der Waals surface area contributed by atoms with Crippen molar-refractivity contribution in [2.24, 2.45) is 5.92 Å². The molecule has 0 spiro atoms. The Morgan fingerprint density at radius 2 is 2.25 bits per heavy atom. The Labute approximate surface area is 147 Å². The lowest BCUT2D eigenvalue weighted by atomic mass is 9.98. The highest BCUT2D eigenvalue weighted by molar-refractivity contribution is 9.10. The molecule has 1 aromatic heterocycles. The first-order valence-corrected chi connectivity index (χ1v) is 8.52. The maximum atomic E-state index is 11.5. The van der Waals surface area contributed by atoms with Crippen LogP contribution in [0, 0.1) is 5.92 Å². The van der Waals surface area contributed by atoms with Gasteiger partial charge in [0, 0.05) is 27.9 Å². The van der Waals surface area contributed by atoms with Crippen molar-refractivity contribution < 1.29 is 19.4 Å². The Hall–Kier alpha value is -2.15. The van der Waals surface area contributed by atoms with Gasteiger partial charge >= 0.3 is 5.97 Å². The summed E-state index contributed by atoms with van der Waals surface area (Å²) < 4.78 is 6.55. The van der Waals surface area contributed by atoms with E-state index in [-0.39, 0.29) is 23.4 Å². The van der Waals surface area contributed by atoms with Gasteiger partial charge in [0.1, 0.15) is 6.61 Å². The zero-order chi connectivity index (χ0) is 17.3. The van der Waals surface area contributed by atoms with Crippen LogP contribution >= 0.6 is 15.9 Å². The molecule has 1 aliphatic heterocycles. The first-order chi connectivity index (χ1) is 11.5. The lowest BCUT2D eigenvalue weighted by molar-refractivity contribution is -0.119. The van der Waals surface area contributed by atoms with Crippen molar-refractivity contribution in [1.29, 1.82) is 0 Å². The molecule has 2 N–H and O–H groups in total. The molecular weight excluding hydrogens is 376 g/mol. The summed E-state index contributed by atoms with van der Waals surface area (Å²) in [7, 11) is 0. The number of carbonyl (C=O) groups is 2. The molecule has 7 heteroatoms. The number of fused-ring (bicyclic) bond motifs is 1. The number of nitrogens with zero attached hydrogens (tertiary/aromatic N) is 1. The van der Waals surface area contributed by atoms with Crippen LogP contribution in [0.1, 0.15) is 30.1 Å². The number of aromatic nitrogens is 1. The molecule has 2 atom stereocenters. The maximum absolute atomic E-state index is 11.5. The highest BCUT2D eigenvalue weighted by Crippen LogP contribution is 2.31. The molecule has 1 amide bonds. The number of aromatic carboxylic acids is 1. The van der Waals surface area contributed by atoms with Gasteiger partial charge in [0.25, 0.3) is 0 Å². The molecule has 0 bridgehead atoms. The largest absolute Gasteiger partial charge is 0.478 e. The summed E-state index contributed by atoms with van der Waals surface area (Å²) in [5, 5.41) is 13.5. The molecule has 0 aliphatic carbocycles. The van der Waals surface area contributed by atoms with E-state index in [0.29, 0.717) is 23.4 Å². The number of nitrogens with one attached hydrogen (secondary N) is 1. The summed E-state index contributed by atoms with van der Waals surface area (Å²) in [4.78, 5) is 27.0. The lowest BCUT2D eigenvalue weighted by Crippen LogP contribution is -2.34. The molecule has 2 heterocycles. The highest BCUT2D eigenvalue weighted by Gasteiger charge is 2.31. The number of rotatable bonds is 5. The van der Waals surface area contributed by atoms with Crippen molar-refractivity contribution in [2.45, 2.75) is 25.8 Å². The second kappa shape index (κ2) is 6.76. The summed E-state index contributed by atoms with van der Waals surface area (Å²) in [5.41, 5.74) is 0.203. The van der Waals surface area contributed by atoms with Gasteiger partial charge in [-0.3, -0.25) is 4.79 Å². The second-order valence-electron chi connectivity index (χ2n) is 5.83. The van der Waals surface area contributed by atoms with Crippen molar-refractivity contribution >= 4 is 38.6 Å². The van der Waals surface area contributed by atoms with Crippen molar-refractivity contribution in [3.05, 3.63) is 34.4 Å². The van der Waals surface area contributed by atoms with Crippen LogP contribution in [0.3, 0.4) is 0 Å². The van der Waals surface area contributed by atoms with E-state index in [1.807, 2.05) is 0 Å². The number of carbonyl (C=O) groups excluding carboxylic acids is 1. The van der Waals surface area contributed by atoms with Crippen LogP contribution < -0.4 is 10.1 Å². The Morgan fingerprint density at radius 3 is 2.96 bits per heavy atom. The number of hydrogen-bond donors (Lipinski definition) is 2. The topological polar surface area (TPSA) is 88.5 Å². The van der Waals surface area contributed by atoms with Crippen LogP contribution in [-0.2, 0) is 4.79 Å². The summed E-state index contributed by atoms with van der Waals surface area (Å²) in [6.07, 6.45) is 3.03. The fourth-order valence-electron chi connectivity index (χ4n) is 2.97. The Morgan fingerprint density at radius 1 is 1.46 bits per heavy atom. The number of halogens is 1. The zero-order valence-corrected chi connectivity index (χ0v) is 14.7.